The van der Waals surface area contributed by atoms with Crippen LogP contribution >= 0.6 is 27.5 Å². The molecule has 0 saturated carbocycles. The number of hydrogen-bond acceptors (Lipinski definition) is 3. The molecule has 0 saturated heterocycles. The van der Waals surface area contributed by atoms with Gasteiger partial charge in [0.25, 0.3) is 0 Å². The molecule has 0 bridgehead atoms. The minimum absolute atomic E-state index is 0.0765. The zero-order valence-electron chi connectivity index (χ0n) is 9.94. The summed E-state index contributed by atoms with van der Waals surface area (Å²) < 4.78 is 2.47. The Labute approximate surface area is 118 Å². The Morgan fingerprint density at radius 3 is 2.72 bits per heavy atom. The SMILES string of the molecule is Cc1nn(C)c(CC(=O)c2ccc(Br)cn2)c1Cl. The van der Waals surface area contributed by atoms with Crippen molar-refractivity contribution in [1.82, 2.24) is 14.8 Å². The smallest absolute Gasteiger partial charge is 0.187 e. The first kappa shape index (κ1) is 13.2. The lowest BCUT2D eigenvalue weighted by molar-refractivity contribution is 0.0986. The predicted octanol–water partition coefficient (Wildman–Crippen LogP) is 2.96. The molecular weight excluding hydrogens is 318 g/mol. The minimum Gasteiger partial charge on any atom is -0.292 e. The Kier molecular flexibility index (Phi) is 3.82. The summed E-state index contributed by atoms with van der Waals surface area (Å²) in [5.74, 6) is -0.0765. The fourth-order valence-corrected chi connectivity index (χ4v) is 2.12. The topological polar surface area (TPSA) is 47.8 Å². The molecule has 0 aliphatic heterocycles. The van der Waals surface area contributed by atoms with Crippen molar-refractivity contribution < 1.29 is 4.79 Å². The molecule has 0 aliphatic rings. The van der Waals surface area contributed by atoms with E-state index in [4.69, 9.17) is 11.6 Å². The molecule has 0 unspecified atom stereocenters. The van der Waals surface area contributed by atoms with Crippen LogP contribution in [0.3, 0.4) is 0 Å². The maximum absolute atomic E-state index is 12.1. The largest absolute Gasteiger partial charge is 0.292 e. The molecule has 0 aliphatic carbocycles. The molecule has 94 valence electrons. The number of rotatable bonds is 3. The van der Waals surface area contributed by atoms with Crippen LogP contribution in [0.15, 0.2) is 22.8 Å². The van der Waals surface area contributed by atoms with Crippen molar-refractivity contribution in [2.45, 2.75) is 13.3 Å². The summed E-state index contributed by atoms with van der Waals surface area (Å²) in [4.78, 5) is 16.1. The number of hydrogen-bond donors (Lipinski definition) is 0. The number of aryl methyl sites for hydroxylation is 2. The van der Waals surface area contributed by atoms with Crippen LogP contribution < -0.4 is 0 Å². The quantitative estimate of drug-likeness (QED) is 0.814. The second-order valence-electron chi connectivity index (χ2n) is 3.93. The zero-order chi connectivity index (χ0) is 13.3. The molecule has 2 rings (SSSR count). The van der Waals surface area contributed by atoms with E-state index >= 15 is 0 Å². The van der Waals surface area contributed by atoms with Gasteiger partial charge in [0.1, 0.15) is 5.69 Å². The van der Waals surface area contributed by atoms with Crippen LogP contribution in [-0.4, -0.2) is 20.5 Å². The molecule has 0 atom stereocenters. The Bertz CT molecular complexity index is 592. The molecule has 4 nitrogen and oxygen atoms in total. The molecule has 0 radical (unpaired) electrons. The second-order valence-corrected chi connectivity index (χ2v) is 5.22. The summed E-state index contributed by atoms with van der Waals surface area (Å²) in [5.41, 5.74) is 1.86. The number of aromatic nitrogens is 3. The van der Waals surface area contributed by atoms with Crippen LogP contribution in [0.25, 0.3) is 0 Å². The number of pyridine rings is 1. The van der Waals surface area contributed by atoms with Crippen molar-refractivity contribution in [3.63, 3.8) is 0 Å². The van der Waals surface area contributed by atoms with Gasteiger partial charge in [-0.15, -0.1) is 0 Å². The molecule has 2 heterocycles. The zero-order valence-corrected chi connectivity index (χ0v) is 12.3. The monoisotopic (exact) mass is 327 g/mol. The van der Waals surface area contributed by atoms with Gasteiger partial charge in [-0.2, -0.15) is 5.10 Å². The molecule has 0 spiro atoms. The average Bonchev–Trinajstić information content (AvgIpc) is 2.57. The van der Waals surface area contributed by atoms with Crippen LogP contribution in [-0.2, 0) is 13.5 Å². The summed E-state index contributed by atoms with van der Waals surface area (Å²) in [6.07, 6.45) is 1.80. The fourth-order valence-electron chi connectivity index (χ4n) is 1.66. The number of carbonyl (C=O) groups is 1. The average molecular weight is 329 g/mol. The molecule has 0 aromatic carbocycles. The molecule has 0 amide bonds. The molecule has 2 aromatic heterocycles. The summed E-state index contributed by atoms with van der Waals surface area (Å²) in [7, 11) is 1.77. The fraction of sp³-hybridized carbons (Fsp3) is 0.250. The highest BCUT2D eigenvalue weighted by Gasteiger charge is 2.16. The van der Waals surface area contributed by atoms with Crippen molar-refractivity contribution in [3.05, 3.63) is 44.9 Å². The number of carbonyl (C=O) groups excluding carboxylic acids is 1. The van der Waals surface area contributed by atoms with Gasteiger partial charge in [0.2, 0.25) is 0 Å². The lowest BCUT2D eigenvalue weighted by Gasteiger charge is -2.02. The predicted molar refractivity (Wildman–Crippen MR) is 72.9 cm³/mol. The standard InChI is InChI=1S/C12H11BrClN3O/c1-7-12(14)10(17(2)16-7)5-11(18)9-4-3-8(13)6-15-9/h3-4,6H,5H2,1-2H3. The maximum atomic E-state index is 12.1. The third-order valence-electron chi connectivity index (χ3n) is 2.60. The Morgan fingerprint density at radius 1 is 1.50 bits per heavy atom. The molecule has 0 fully saturated rings. The number of nitrogens with zero attached hydrogens (tertiary/aromatic N) is 3. The van der Waals surface area contributed by atoms with Gasteiger partial charge in [-0.05, 0) is 35.0 Å². The highest BCUT2D eigenvalue weighted by Crippen LogP contribution is 2.21. The van der Waals surface area contributed by atoms with Crippen molar-refractivity contribution in [2.24, 2.45) is 7.05 Å². The molecular formula is C12H11BrClN3O. The van der Waals surface area contributed by atoms with Crippen molar-refractivity contribution in [2.75, 3.05) is 0 Å². The lowest BCUT2D eigenvalue weighted by atomic mass is 10.1. The maximum Gasteiger partial charge on any atom is 0.187 e. The van der Waals surface area contributed by atoms with Gasteiger partial charge >= 0.3 is 0 Å². The normalized spacial score (nSPS) is 10.7. The molecule has 6 heteroatoms. The van der Waals surface area contributed by atoms with Crippen LogP contribution in [0.1, 0.15) is 21.9 Å². The van der Waals surface area contributed by atoms with Gasteiger partial charge in [-0.3, -0.25) is 14.5 Å². The molecule has 2 aromatic rings. The van der Waals surface area contributed by atoms with E-state index in [1.54, 1.807) is 30.1 Å². The minimum atomic E-state index is -0.0765. The number of halogens is 2. The van der Waals surface area contributed by atoms with Crippen LogP contribution in [0, 0.1) is 6.92 Å². The summed E-state index contributed by atoms with van der Waals surface area (Å²) in [6.45, 7) is 1.81. The third-order valence-corrected chi connectivity index (χ3v) is 3.56. The first-order chi connectivity index (χ1) is 8.49. The van der Waals surface area contributed by atoms with Gasteiger partial charge in [0.15, 0.2) is 5.78 Å². The van der Waals surface area contributed by atoms with E-state index in [1.807, 2.05) is 6.92 Å². The number of ketones is 1. The van der Waals surface area contributed by atoms with Gasteiger partial charge in [-0.1, -0.05) is 11.6 Å². The van der Waals surface area contributed by atoms with Crippen LogP contribution in [0.5, 0.6) is 0 Å². The van der Waals surface area contributed by atoms with Gasteiger partial charge in [0.05, 0.1) is 22.8 Å². The Balaban J connectivity index is 2.24. The third kappa shape index (κ3) is 2.62. The number of Topliss-reactive ketones (excluding diaryl/α,β-unsaturated/α-hetero) is 1. The summed E-state index contributed by atoms with van der Waals surface area (Å²) >= 11 is 9.39. The Morgan fingerprint density at radius 2 is 2.22 bits per heavy atom. The van der Waals surface area contributed by atoms with E-state index in [9.17, 15) is 4.79 Å². The van der Waals surface area contributed by atoms with Crippen molar-refractivity contribution >= 4 is 33.3 Å². The van der Waals surface area contributed by atoms with Gasteiger partial charge < -0.3 is 0 Å². The first-order valence-electron chi connectivity index (χ1n) is 5.31. The molecule has 0 N–H and O–H groups in total. The van der Waals surface area contributed by atoms with Crippen LogP contribution in [0.4, 0.5) is 0 Å². The van der Waals surface area contributed by atoms with E-state index in [0.29, 0.717) is 16.4 Å². The van der Waals surface area contributed by atoms with Gasteiger partial charge in [-0.25, -0.2) is 0 Å². The second kappa shape index (κ2) is 5.20. The lowest BCUT2D eigenvalue weighted by Crippen LogP contribution is -2.09. The highest BCUT2D eigenvalue weighted by molar-refractivity contribution is 9.10. The van der Waals surface area contributed by atoms with E-state index in [-0.39, 0.29) is 12.2 Å². The van der Waals surface area contributed by atoms with E-state index in [1.165, 1.54) is 0 Å². The van der Waals surface area contributed by atoms with Gasteiger partial charge in [0, 0.05) is 17.7 Å². The first-order valence-corrected chi connectivity index (χ1v) is 6.49. The van der Waals surface area contributed by atoms with E-state index in [0.717, 1.165) is 10.2 Å². The van der Waals surface area contributed by atoms with E-state index in [2.05, 4.69) is 26.0 Å². The van der Waals surface area contributed by atoms with Crippen molar-refractivity contribution in [3.8, 4) is 0 Å². The van der Waals surface area contributed by atoms with Crippen LogP contribution in [0.2, 0.25) is 5.02 Å². The highest BCUT2D eigenvalue weighted by atomic mass is 79.9. The summed E-state index contributed by atoms with van der Waals surface area (Å²) in [6, 6.07) is 3.47. The molecule has 18 heavy (non-hydrogen) atoms. The van der Waals surface area contributed by atoms with E-state index < -0.39 is 0 Å². The van der Waals surface area contributed by atoms with Crippen molar-refractivity contribution in [1.29, 1.82) is 0 Å². The Hall–Kier alpha value is -1.20. The summed E-state index contributed by atoms with van der Waals surface area (Å²) in [5, 5.41) is 4.72.